The number of amides is 1. The molecule has 3 aromatic rings. The maximum atomic E-state index is 13.8. The SMILES string of the molecule is COc1nc(SC)ncc1/C=C1/SCCN1C(=O)C(c1ccccc1)c1ccccc1. The van der Waals surface area contributed by atoms with Gasteiger partial charge in [-0.25, -0.2) is 4.98 Å². The van der Waals surface area contributed by atoms with Crippen LogP contribution >= 0.6 is 23.5 Å². The zero-order valence-corrected chi connectivity index (χ0v) is 19.0. The molecule has 5 nitrogen and oxygen atoms in total. The molecule has 0 N–H and O–H groups in total. The molecule has 158 valence electrons. The lowest BCUT2D eigenvalue weighted by Crippen LogP contribution is -2.32. The number of benzene rings is 2. The Morgan fingerprint density at radius 3 is 2.35 bits per heavy atom. The number of rotatable bonds is 6. The van der Waals surface area contributed by atoms with Gasteiger partial charge in [-0.3, -0.25) is 4.79 Å². The minimum Gasteiger partial charge on any atom is -0.480 e. The second kappa shape index (κ2) is 10.0. The summed E-state index contributed by atoms with van der Waals surface area (Å²) in [5.41, 5.74) is 2.74. The van der Waals surface area contributed by atoms with Gasteiger partial charge in [-0.15, -0.1) is 11.8 Å². The average molecular weight is 450 g/mol. The van der Waals surface area contributed by atoms with Crippen LogP contribution in [0, 0.1) is 0 Å². The van der Waals surface area contributed by atoms with E-state index in [1.165, 1.54) is 11.8 Å². The fourth-order valence-electron chi connectivity index (χ4n) is 3.55. The van der Waals surface area contributed by atoms with Gasteiger partial charge in [0, 0.05) is 18.5 Å². The Labute approximate surface area is 190 Å². The molecule has 0 saturated carbocycles. The number of hydrogen-bond acceptors (Lipinski definition) is 6. The average Bonchev–Trinajstić information content (AvgIpc) is 3.29. The zero-order chi connectivity index (χ0) is 21.6. The quantitative estimate of drug-likeness (QED) is 0.394. The third kappa shape index (κ3) is 4.78. The van der Waals surface area contributed by atoms with E-state index >= 15 is 0 Å². The molecular weight excluding hydrogens is 426 g/mol. The van der Waals surface area contributed by atoms with Crippen LogP contribution in [0.1, 0.15) is 22.6 Å². The molecule has 31 heavy (non-hydrogen) atoms. The molecule has 0 unspecified atom stereocenters. The first kappa shape index (κ1) is 21.5. The first-order valence-electron chi connectivity index (χ1n) is 9.92. The second-order valence-electron chi connectivity index (χ2n) is 6.90. The molecule has 0 aliphatic carbocycles. The Balaban J connectivity index is 1.70. The number of hydrogen-bond donors (Lipinski definition) is 0. The monoisotopic (exact) mass is 449 g/mol. The molecule has 1 amide bonds. The Morgan fingerprint density at radius 1 is 1.13 bits per heavy atom. The predicted molar refractivity (Wildman–Crippen MR) is 127 cm³/mol. The lowest BCUT2D eigenvalue weighted by molar-refractivity contribution is -0.129. The third-order valence-corrected chi connectivity index (χ3v) is 6.61. The number of methoxy groups -OCH3 is 1. The highest BCUT2D eigenvalue weighted by Gasteiger charge is 2.32. The normalized spacial score (nSPS) is 14.9. The maximum Gasteiger partial charge on any atom is 0.239 e. The minimum atomic E-state index is -0.360. The Bertz CT molecular complexity index is 1040. The first-order valence-corrected chi connectivity index (χ1v) is 12.1. The smallest absolute Gasteiger partial charge is 0.239 e. The van der Waals surface area contributed by atoms with Crippen molar-refractivity contribution in [3.63, 3.8) is 0 Å². The van der Waals surface area contributed by atoms with Crippen LogP contribution in [-0.2, 0) is 4.79 Å². The molecule has 1 aliphatic rings. The van der Waals surface area contributed by atoms with Gasteiger partial charge in [-0.1, -0.05) is 72.4 Å². The van der Waals surface area contributed by atoms with Gasteiger partial charge in [0.25, 0.3) is 0 Å². The highest BCUT2D eigenvalue weighted by Crippen LogP contribution is 2.36. The van der Waals surface area contributed by atoms with Crippen molar-refractivity contribution in [1.29, 1.82) is 0 Å². The Kier molecular flexibility index (Phi) is 6.94. The molecule has 0 atom stereocenters. The topological polar surface area (TPSA) is 55.3 Å². The second-order valence-corrected chi connectivity index (χ2v) is 8.79. The summed E-state index contributed by atoms with van der Waals surface area (Å²) in [6, 6.07) is 19.9. The summed E-state index contributed by atoms with van der Waals surface area (Å²) in [5, 5.41) is 1.54. The van der Waals surface area contributed by atoms with Gasteiger partial charge in [-0.2, -0.15) is 4.98 Å². The number of thioether (sulfide) groups is 2. The minimum absolute atomic E-state index is 0.0641. The van der Waals surface area contributed by atoms with E-state index in [4.69, 9.17) is 4.74 Å². The van der Waals surface area contributed by atoms with Gasteiger partial charge in [-0.05, 0) is 23.5 Å². The number of carbonyl (C=O) groups excluding carboxylic acids is 1. The number of carbonyl (C=O) groups is 1. The van der Waals surface area contributed by atoms with Crippen LogP contribution in [-0.4, -0.2) is 46.4 Å². The largest absolute Gasteiger partial charge is 0.480 e. The van der Waals surface area contributed by atoms with Crippen molar-refractivity contribution in [3.05, 3.63) is 88.6 Å². The third-order valence-electron chi connectivity index (χ3n) is 5.02. The van der Waals surface area contributed by atoms with Crippen molar-refractivity contribution in [2.75, 3.05) is 25.7 Å². The molecule has 2 aromatic carbocycles. The summed E-state index contributed by atoms with van der Waals surface area (Å²) in [7, 11) is 1.60. The van der Waals surface area contributed by atoms with Gasteiger partial charge in [0.1, 0.15) is 0 Å². The molecule has 1 aliphatic heterocycles. The van der Waals surface area contributed by atoms with Crippen LogP contribution < -0.4 is 4.74 Å². The van der Waals surface area contributed by atoms with Crippen molar-refractivity contribution in [1.82, 2.24) is 14.9 Å². The lowest BCUT2D eigenvalue weighted by Gasteiger charge is -2.25. The summed E-state index contributed by atoms with van der Waals surface area (Å²) in [5.74, 6) is 1.06. The van der Waals surface area contributed by atoms with Gasteiger partial charge in [0.15, 0.2) is 5.16 Å². The van der Waals surface area contributed by atoms with E-state index in [0.29, 0.717) is 17.6 Å². The maximum absolute atomic E-state index is 13.8. The van der Waals surface area contributed by atoms with Crippen LogP contribution in [0.2, 0.25) is 0 Å². The predicted octanol–water partition coefficient (Wildman–Crippen LogP) is 4.91. The molecule has 1 saturated heterocycles. The molecule has 0 spiro atoms. The molecule has 4 rings (SSSR count). The standard InChI is InChI=1S/C24H23N3O2S2/c1-29-22-19(16-25-24(26-22)30-2)15-20-27(13-14-31-20)23(28)21(17-9-5-3-6-10-17)18-11-7-4-8-12-18/h3-12,15-16,21H,13-14H2,1-2H3/b20-15+. The fraction of sp³-hybridized carbons (Fsp3) is 0.208. The van der Waals surface area contributed by atoms with Crippen molar-refractivity contribution in [2.45, 2.75) is 11.1 Å². The van der Waals surface area contributed by atoms with E-state index in [0.717, 1.165) is 27.5 Å². The molecule has 0 radical (unpaired) electrons. The zero-order valence-electron chi connectivity index (χ0n) is 17.4. The van der Waals surface area contributed by atoms with Crippen molar-refractivity contribution < 1.29 is 9.53 Å². The molecule has 7 heteroatoms. The number of nitrogens with zero attached hydrogens (tertiary/aromatic N) is 3. The summed E-state index contributed by atoms with van der Waals surface area (Å²) in [6.07, 6.45) is 5.62. The molecular formula is C24H23N3O2S2. The van der Waals surface area contributed by atoms with E-state index in [1.807, 2.05) is 77.9 Å². The molecule has 1 aromatic heterocycles. The highest BCUT2D eigenvalue weighted by atomic mass is 32.2. The van der Waals surface area contributed by atoms with Gasteiger partial charge in [0.2, 0.25) is 11.8 Å². The summed E-state index contributed by atoms with van der Waals surface area (Å²) < 4.78 is 5.46. The van der Waals surface area contributed by atoms with Crippen molar-refractivity contribution >= 4 is 35.5 Å². The number of ether oxygens (including phenoxy) is 1. The van der Waals surface area contributed by atoms with E-state index in [9.17, 15) is 4.79 Å². The van der Waals surface area contributed by atoms with Gasteiger partial charge in [0.05, 0.1) is 23.6 Å². The van der Waals surface area contributed by atoms with E-state index in [2.05, 4.69) is 9.97 Å². The lowest BCUT2D eigenvalue weighted by atomic mass is 9.90. The fourth-order valence-corrected chi connectivity index (χ4v) is 4.91. The Morgan fingerprint density at radius 2 is 1.77 bits per heavy atom. The van der Waals surface area contributed by atoms with E-state index in [-0.39, 0.29) is 11.8 Å². The van der Waals surface area contributed by atoms with Crippen LogP contribution in [0.4, 0.5) is 0 Å². The first-order chi connectivity index (χ1) is 15.2. The van der Waals surface area contributed by atoms with E-state index < -0.39 is 0 Å². The van der Waals surface area contributed by atoms with Crippen molar-refractivity contribution in [2.24, 2.45) is 0 Å². The summed E-state index contributed by atoms with van der Waals surface area (Å²) >= 11 is 3.12. The summed E-state index contributed by atoms with van der Waals surface area (Å²) in [4.78, 5) is 24.5. The van der Waals surface area contributed by atoms with Gasteiger partial charge >= 0.3 is 0 Å². The highest BCUT2D eigenvalue weighted by molar-refractivity contribution is 8.03. The Hall–Kier alpha value is -2.77. The molecule has 1 fully saturated rings. The van der Waals surface area contributed by atoms with Gasteiger partial charge < -0.3 is 9.64 Å². The van der Waals surface area contributed by atoms with Crippen LogP contribution in [0.5, 0.6) is 5.88 Å². The molecule has 0 bridgehead atoms. The van der Waals surface area contributed by atoms with Crippen LogP contribution in [0.3, 0.4) is 0 Å². The van der Waals surface area contributed by atoms with Crippen LogP contribution in [0.15, 0.2) is 77.0 Å². The number of aromatic nitrogens is 2. The van der Waals surface area contributed by atoms with Crippen molar-refractivity contribution in [3.8, 4) is 5.88 Å². The molecule has 2 heterocycles. The summed E-state index contributed by atoms with van der Waals surface area (Å²) in [6.45, 7) is 0.664. The van der Waals surface area contributed by atoms with Crippen LogP contribution in [0.25, 0.3) is 6.08 Å². The van der Waals surface area contributed by atoms with E-state index in [1.54, 1.807) is 25.1 Å².